The van der Waals surface area contributed by atoms with Gasteiger partial charge in [0.1, 0.15) is 0 Å². The van der Waals surface area contributed by atoms with Crippen molar-refractivity contribution in [2.45, 2.75) is 0 Å². The molecule has 3 N–H and O–H groups in total. The van der Waals surface area contributed by atoms with Crippen LogP contribution >= 0.6 is 0 Å². The van der Waals surface area contributed by atoms with Crippen molar-refractivity contribution >= 4 is 11.7 Å². The molecule has 0 saturated heterocycles. The van der Waals surface area contributed by atoms with Crippen molar-refractivity contribution in [1.82, 2.24) is 14.9 Å². The van der Waals surface area contributed by atoms with Gasteiger partial charge >= 0.3 is 0 Å². The van der Waals surface area contributed by atoms with E-state index < -0.39 is 0 Å². The van der Waals surface area contributed by atoms with Gasteiger partial charge in [0.25, 0.3) is 5.91 Å². The van der Waals surface area contributed by atoms with Gasteiger partial charge in [0.05, 0.1) is 6.33 Å². The van der Waals surface area contributed by atoms with E-state index in [1.807, 2.05) is 0 Å². The lowest BCUT2D eigenvalue weighted by molar-refractivity contribution is 0.0956. The molecule has 1 amide bonds. The number of aromatic nitrogens is 2. The number of carbonyl (C=O) groups is 1. The van der Waals surface area contributed by atoms with E-state index in [9.17, 15) is 4.79 Å². The number of anilines is 1. The fourth-order valence-electron chi connectivity index (χ4n) is 0.843. The predicted octanol–water partition coefficient (Wildman–Crippen LogP) is -0.638. The first kappa shape index (κ1) is 7.59. The largest absolute Gasteiger partial charge is 0.382 e. The number of hydrogen-bond donors (Lipinski definition) is 2. The van der Waals surface area contributed by atoms with Gasteiger partial charge in [0.2, 0.25) is 0 Å². The molecule has 1 heterocycles. The number of nitrogens with one attached hydrogen (secondary N) is 1. The topological polar surface area (TPSA) is 72.9 Å². The SMILES string of the molecule is CNC(=O)c1c(N)ncn1C. The molecule has 0 aliphatic rings. The smallest absolute Gasteiger partial charge is 0.271 e. The molecule has 11 heavy (non-hydrogen) atoms. The maximum Gasteiger partial charge on any atom is 0.271 e. The third-order valence-corrected chi connectivity index (χ3v) is 1.41. The van der Waals surface area contributed by atoms with Crippen molar-refractivity contribution in [3.8, 4) is 0 Å². The summed E-state index contributed by atoms with van der Waals surface area (Å²) in [5, 5.41) is 2.47. The van der Waals surface area contributed by atoms with Gasteiger partial charge < -0.3 is 15.6 Å². The minimum absolute atomic E-state index is 0.220. The molecular weight excluding hydrogens is 144 g/mol. The lowest BCUT2D eigenvalue weighted by Gasteiger charge is -1.99. The maximum atomic E-state index is 11.1. The summed E-state index contributed by atoms with van der Waals surface area (Å²) in [7, 11) is 3.27. The lowest BCUT2D eigenvalue weighted by Crippen LogP contribution is -2.21. The first-order valence-corrected chi connectivity index (χ1v) is 3.15. The van der Waals surface area contributed by atoms with Crippen LogP contribution in [0, 0.1) is 0 Å². The summed E-state index contributed by atoms with van der Waals surface area (Å²) in [5.41, 5.74) is 5.82. The Morgan fingerprint density at radius 3 is 2.82 bits per heavy atom. The summed E-state index contributed by atoms with van der Waals surface area (Å²) in [6.07, 6.45) is 1.50. The third-order valence-electron chi connectivity index (χ3n) is 1.41. The number of nitrogen functional groups attached to an aromatic ring is 1. The molecule has 1 rings (SSSR count). The molecule has 5 nitrogen and oxygen atoms in total. The maximum absolute atomic E-state index is 11.1. The Labute approximate surface area is 64.2 Å². The first-order chi connectivity index (χ1) is 5.16. The normalized spacial score (nSPS) is 9.64. The van der Waals surface area contributed by atoms with Crippen LogP contribution in [0.15, 0.2) is 6.33 Å². The van der Waals surface area contributed by atoms with Gasteiger partial charge in [-0.3, -0.25) is 4.79 Å². The van der Waals surface area contributed by atoms with Crippen LogP contribution in [0.2, 0.25) is 0 Å². The van der Waals surface area contributed by atoms with Crippen molar-refractivity contribution in [3.05, 3.63) is 12.0 Å². The molecule has 0 radical (unpaired) electrons. The number of rotatable bonds is 1. The molecule has 0 atom stereocenters. The van der Waals surface area contributed by atoms with Crippen LogP contribution in [0.25, 0.3) is 0 Å². The molecule has 5 heteroatoms. The highest BCUT2D eigenvalue weighted by Crippen LogP contribution is 2.06. The third kappa shape index (κ3) is 1.17. The second-order valence-corrected chi connectivity index (χ2v) is 2.17. The van der Waals surface area contributed by atoms with Gasteiger partial charge in [-0.15, -0.1) is 0 Å². The summed E-state index contributed by atoms with van der Waals surface area (Å²) < 4.78 is 1.58. The molecule has 0 fully saturated rings. The Bertz CT molecular complexity index is 259. The summed E-state index contributed by atoms with van der Waals surface area (Å²) in [4.78, 5) is 14.8. The number of hydrogen-bond acceptors (Lipinski definition) is 3. The predicted molar refractivity (Wildman–Crippen MR) is 41.0 cm³/mol. The van der Waals surface area contributed by atoms with Crippen LogP contribution in [-0.4, -0.2) is 22.5 Å². The van der Waals surface area contributed by atoms with E-state index in [1.165, 1.54) is 6.33 Å². The molecule has 0 aliphatic heterocycles. The van der Waals surface area contributed by atoms with E-state index in [0.717, 1.165) is 0 Å². The molecule has 0 bridgehead atoms. The quantitative estimate of drug-likeness (QED) is 0.565. The van der Waals surface area contributed by atoms with Gasteiger partial charge in [-0.2, -0.15) is 0 Å². The van der Waals surface area contributed by atoms with Crippen molar-refractivity contribution in [1.29, 1.82) is 0 Å². The molecule has 1 aromatic rings. The molecule has 0 saturated carbocycles. The number of amides is 1. The number of imidazole rings is 1. The molecule has 0 spiro atoms. The van der Waals surface area contributed by atoms with E-state index in [2.05, 4.69) is 10.3 Å². The Hall–Kier alpha value is -1.52. The van der Waals surface area contributed by atoms with Crippen molar-refractivity contribution in [2.24, 2.45) is 7.05 Å². The highest BCUT2D eigenvalue weighted by Gasteiger charge is 2.12. The summed E-state index contributed by atoms with van der Waals surface area (Å²) in [6, 6.07) is 0. The lowest BCUT2D eigenvalue weighted by atomic mass is 10.4. The fourth-order valence-corrected chi connectivity index (χ4v) is 0.843. The molecule has 60 valence electrons. The number of carbonyl (C=O) groups excluding carboxylic acids is 1. The van der Waals surface area contributed by atoms with Crippen molar-refractivity contribution in [2.75, 3.05) is 12.8 Å². The number of aryl methyl sites for hydroxylation is 1. The Morgan fingerprint density at radius 1 is 1.82 bits per heavy atom. The zero-order valence-electron chi connectivity index (χ0n) is 6.46. The van der Waals surface area contributed by atoms with E-state index in [-0.39, 0.29) is 11.7 Å². The van der Waals surface area contributed by atoms with E-state index in [0.29, 0.717) is 5.69 Å². The highest BCUT2D eigenvalue weighted by molar-refractivity contribution is 5.96. The Morgan fingerprint density at radius 2 is 2.45 bits per heavy atom. The van der Waals surface area contributed by atoms with Crippen LogP contribution in [0.5, 0.6) is 0 Å². The average molecular weight is 154 g/mol. The number of nitrogens with two attached hydrogens (primary N) is 1. The minimum Gasteiger partial charge on any atom is -0.382 e. The molecule has 1 aromatic heterocycles. The molecule has 0 aromatic carbocycles. The van der Waals surface area contributed by atoms with Crippen LogP contribution in [-0.2, 0) is 7.05 Å². The van der Waals surface area contributed by atoms with Crippen molar-refractivity contribution < 1.29 is 4.79 Å². The Kier molecular flexibility index (Phi) is 1.80. The van der Waals surface area contributed by atoms with Crippen LogP contribution < -0.4 is 11.1 Å². The molecule has 0 unspecified atom stereocenters. The molecule has 0 aliphatic carbocycles. The first-order valence-electron chi connectivity index (χ1n) is 3.15. The molecular formula is C6H10N4O. The van der Waals surface area contributed by atoms with E-state index in [4.69, 9.17) is 5.73 Å². The number of nitrogens with zero attached hydrogens (tertiary/aromatic N) is 2. The van der Waals surface area contributed by atoms with Crippen LogP contribution in [0.3, 0.4) is 0 Å². The van der Waals surface area contributed by atoms with Crippen LogP contribution in [0.4, 0.5) is 5.82 Å². The summed E-state index contributed by atoms with van der Waals surface area (Å²) in [5.74, 6) is 0.0364. The van der Waals surface area contributed by atoms with E-state index in [1.54, 1.807) is 18.7 Å². The minimum atomic E-state index is -0.220. The van der Waals surface area contributed by atoms with Crippen LogP contribution in [0.1, 0.15) is 10.5 Å². The monoisotopic (exact) mass is 154 g/mol. The second kappa shape index (κ2) is 2.61. The van der Waals surface area contributed by atoms with Gasteiger partial charge in [-0.05, 0) is 0 Å². The van der Waals surface area contributed by atoms with E-state index >= 15 is 0 Å². The van der Waals surface area contributed by atoms with Gasteiger partial charge in [-0.25, -0.2) is 4.98 Å². The van der Waals surface area contributed by atoms with Crippen molar-refractivity contribution in [3.63, 3.8) is 0 Å². The highest BCUT2D eigenvalue weighted by atomic mass is 16.1. The average Bonchev–Trinajstić information content (AvgIpc) is 2.30. The zero-order valence-corrected chi connectivity index (χ0v) is 6.46. The zero-order chi connectivity index (χ0) is 8.43. The van der Waals surface area contributed by atoms with Gasteiger partial charge in [-0.1, -0.05) is 0 Å². The second-order valence-electron chi connectivity index (χ2n) is 2.17. The van der Waals surface area contributed by atoms with Gasteiger partial charge in [0, 0.05) is 14.1 Å². The fraction of sp³-hybridized carbons (Fsp3) is 0.333. The van der Waals surface area contributed by atoms with Gasteiger partial charge in [0.15, 0.2) is 11.5 Å². The standard InChI is InChI=1S/C6H10N4O/c1-8-6(11)4-5(7)9-3-10(4)2/h3H,7H2,1-2H3,(H,8,11). The summed E-state index contributed by atoms with van der Waals surface area (Å²) in [6.45, 7) is 0. The summed E-state index contributed by atoms with van der Waals surface area (Å²) >= 11 is 0. The Balaban J connectivity index is 3.10.